The van der Waals surface area contributed by atoms with Crippen LogP contribution in [0.4, 0.5) is 0 Å². The van der Waals surface area contributed by atoms with Crippen molar-refractivity contribution in [1.82, 2.24) is 5.43 Å². The molecule has 0 unspecified atom stereocenters. The second kappa shape index (κ2) is 3.88. The Morgan fingerprint density at radius 1 is 1.82 bits per heavy atom. The van der Waals surface area contributed by atoms with Crippen LogP contribution in [0, 0.1) is 0 Å². The molecule has 0 aliphatic heterocycles. The van der Waals surface area contributed by atoms with Crippen LogP contribution in [-0.2, 0) is 4.79 Å². The fourth-order valence-corrected chi connectivity index (χ4v) is 1.14. The number of carbonyl (C=O) groups is 1. The Hall–Kier alpha value is -1.16. The summed E-state index contributed by atoms with van der Waals surface area (Å²) in [7, 11) is 0. The maximum Gasteiger partial charge on any atom is 0.236 e. The molecule has 1 aromatic rings. The number of carbonyl (C=O) groups excluding carboxylic acids is 1. The van der Waals surface area contributed by atoms with Gasteiger partial charge in [0.15, 0.2) is 0 Å². The van der Waals surface area contributed by atoms with Gasteiger partial charge < -0.3 is 0 Å². The van der Waals surface area contributed by atoms with Gasteiger partial charge in [-0.2, -0.15) is 5.10 Å². The summed E-state index contributed by atoms with van der Waals surface area (Å²) in [5, 5.41) is 5.65. The molecule has 0 aliphatic carbocycles. The first-order chi connectivity index (χ1) is 5.29. The van der Waals surface area contributed by atoms with Crippen LogP contribution in [-0.4, -0.2) is 12.1 Å². The maximum atomic E-state index is 10.4. The smallest absolute Gasteiger partial charge is 0.236 e. The fourth-order valence-electron chi connectivity index (χ4n) is 0.552. The first-order valence-electron chi connectivity index (χ1n) is 3.12. The number of hydrogen-bond acceptors (Lipinski definition) is 3. The van der Waals surface area contributed by atoms with Crippen LogP contribution in [0.15, 0.2) is 22.6 Å². The molecule has 1 amide bonds. The fraction of sp³-hybridized carbons (Fsp3) is 0.143. The van der Waals surface area contributed by atoms with Gasteiger partial charge in [-0.1, -0.05) is 6.07 Å². The highest BCUT2D eigenvalue weighted by atomic mass is 32.1. The molecular weight excluding hydrogens is 160 g/mol. The van der Waals surface area contributed by atoms with Gasteiger partial charge in [0, 0.05) is 11.8 Å². The average Bonchev–Trinajstić information content (AvgIpc) is 2.39. The van der Waals surface area contributed by atoms with Crippen LogP contribution >= 0.6 is 11.3 Å². The topological polar surface area (TPSA) is 41.5 Å². The maximum absolute atomic E-state index is 10.4. The van der Waals surface area contributed by atoms with Crippen LogP contribution in [0.1, 0.15) is 11.8 Å². The molecule has 1 aromatic heterocycles. The molecule has 0 fully saturated rings. The largest absolute Gasteiger partial charge is 0.274 e. The normalized spacial score (nSPS) is 10.3. The van der Waals surface area contributed by atoms with E-state index in [0.717, 1.165) is 4.88 Å². The molecule has 0 atom stereocenters. The third-order valence-corrected chi connectivity index (χ3v) is 1.76. The SMILES string of the molecule is CC(=O)NN=Cc1cccs1. The first kappa shape index (κ1) is 7.94. The molecule has 4 heteroatoms. The van der Waals surface area contributed by atoms with Crippen molar-refractivity contribution in [1.29, 1.82) is 0 Å². The Kier molecular flexibility index (Phi) is 2.80. The molecule has 11 heavy (non-hydrogen) atoms. The van der Waals surface area contributed by atoms with Gasteiger partial charge in [0.1, 0.15) is 0 Å². The van der Waals surface area contributed by atoms with Crippen molar-refractivity contribution in [3.05, 3.63) is 22.4 Å². The minimum atomic E-state index is -0.155. The molecule has 1 N–H and O–H groups in total. The quantitative estimate of drug-likeness (QED) is 0.523. The van der Waals surface area contributed by atoms with E-state index >= 15 is 0 Å². The predicted octanol–water partition coefficient (Wildman–Crippen LogP) is 1.22. The van der Waals surface area contributed by atoms with E-state index in [0.29, 0.717) is 0 Å². The highest BCUT2D eigenvalue weighted by Crippen LogP contribution is 2.03. The van der Waals surface area contributed by atoms with E-state index in [1.54, 1.807) is 17.6 Å². The van der Waals surface area contributed by atoms with Crippen LogP contribution in [0.2, 0.25) is 0 Å². The Morgan fingerprint density at radius 2 is 2.64 bits per heavy atom. The molecule has 0 saturated heterocycles. The Balaban J connectivity index is 2.43. The van der Waals surface area contributed by atoms with Gasteiger partial charge in [-0.05, 0) is 11.4 Å². The lowest BCUT2D eigenvalue weighted by molar-refractivity contribution is -0.118. The molecule has 1 heterocycles. The summed E-state index contributed by atoms with van der Waals surface area (Å²) < 4.78 is 0. The summed E-state index contributed by atoms with van der Waals surface area (Å²) >= 11 is 1.57. The molecule has 58 valence electrons. The molecular formula is C7H8N2OS. The van der Waals surface area contributed by atoms with Crippen molar-refractivity contribution in [2.45, 2.75) is 6.92 Å². The van der Waals surface area contributed by atoms with E-state index in [4.69, 9.17) is 0 Å². The minimum Gasteiger partial charge on any atom is -0.274 e. The number of thiophene rings is 1. The van der Waals surface area contributed by atoms with Gasteiger partial charge in [0.25, 0.3) is 0 Å². The van der Waals surface area contributed by atoms with Crippen LogP contribution in [0.5, 0.6) is 0 Å². The zero-order valence-corrected chi connectivity index (χ0v) is 6.89. The van der Waals surface area contributed by atoms with Crippen LogP contribution < -0.4 is 5.43 Å². The lowest BCUT2D eigenvalue weighted by atomic mass is 10.5. The van der Waals surface area contributed by atoms with E-state index < -0.39 is 0 Å². The van der Waals surface area contributed by atoms with Gasteiger partial charge >= 0.3 is 0 Å². The molecule has 3 nitrogen and oxygen atoms in total. The third-order valence-electron chi connectivity index (χ3n) is 0.957. The Labute approximate surface area is 68.7 Å². The monoisotopic (exact) mass is 168 g/mol. The lowest BCUT2D eigenvalue weighted by Gasteiger charge is -1.87. The van der Waals surface area contributed by atoms with E-state index in [9.17, 15) is 4.79 Å². The summed E-state index contributed by atoms with van der Waals surface area (Å²) in [5.74, 6) is -0.155. The van der Waals surface area contributed by atoms with Gasteiger partial charge in [0.2, 0.25) is 5.91 Å². The minimum absolute atomic E-state index is 0.155. The molecule has 0 saturated carbocycles. The summed E-state index contributed by atoms with van der Waals surface area (Å²) in [4.78, 5) is 11.4. The number of hydrogen-bond donors (Lipinski definition) is 1. The number of rotatable bonds is 2. The van der Waals surface area contributed by atoms with Crippen molar-refractivity contribution in [2.75, 3.05) is 0 Å². The predicted molar refractivity (Wildman–Crippen MR) is 45.7 cm³/mol. The van der Waals surface area contributed by atoms with Crippen molar-refractivity contribution >= 4 is 23.5 Å². The standard InChI is InChI=1S/C7H8N2OS/c1-6(10)9-8-5-7-3-2-4-11-7/h2-5H,1H3,(H,9,10). The number of amides is 1. The third kappa shape index (κ3) is 2.95. The summed E-state index contributed by atoms with van der Waals surface area (Å²) in [6.45, 7) is 1.42. The number of nitrogens with one attached hydrogen (secondary N) is 1. The lowest BCUT2D eigenvalue weighted by Crippen LogP contribution is -2.11. The molecule has 0 aromatic carbocycles. The molecule has 0 bridgehead atoms. The van der Waals surface area contributed by atoms with Crippen molar-refractivity contribution in [2.24, 2.45) is 5.10 Å². The van der Waals surface area contributed by atoms with E-state index in [1.165, 1.54) is 6.92 Å². The van der Waals surface area contributed by atoms with Gasteiger partial charge in [0.05, 0.1) is 6.21 Å². The molecule has 0 aliphatic rings. The average molecular weight is 168 g/mol. The zero-order valence-electron chi connectivity index (χ0n) is 6.07. The van der Waals surface area contributed by atoms with E-state index in [1.807, 2.05) is 17.5 Å². The van der Waals surface area contributed by atoms with Gasteiger partial charge in [-0.15, -0.1) is 11.3 Å². The van der Waals surface area contributed by atoms with Crippen LogP contribution in [0.3, 0.4) is 0 Å². The second-order valence-electron chi connectivity index (χ2n) is 1.94. The van der Waals surface area contributed by atoms with Gasteiger partial charge in [-0.3, -0.25) is 4.79 Å². The highest BCUT2D eigenvalue weighted by Gasteiger charge is 1.86. The van der Waals surface area contributed by atoms with E-state index in [-0.39, 0.29) is 5.91 Å². The first-order valence-corrected chi connectivity index (χ1v) is 4.00. The summed E-state index contributed by atoms with van der Waals surface area (Å²) in [6, 6.07) is 3.86. The highest BCUT2D eigenvalue weighted by molar-refractivity contribution is 7.11. The number of nitrogens with zero attached hydrogens (tertiary/aromatic N) is 1. The van der Waals surface area contributed by atoms with Crippen molar-refractivity contribution in [3.8, 4) is 0 Å². The molecule has 1 rings (SSSR count). The van der Waals surface area contributed by atoms with Crippen LogP contribution in [0.25, 0.3) is 0 Å². The molecule has 0 radical (unpaired) electrons. The Bertz CT molecular complexity index is 253. The summed E-state index contributed by atoms with van der Waals surface area (Å²) in [5.41, 5.74) is 2.32. The van der Waals surface area contributed by atoms with Crippen molar-refractivity contribution < 1.29 is 4.79 Å². The summed E-state index contributed by atoms with van der Waals surface area (Å²) in [6.07, 6.45) is 1.62. The van der Waals surface area contributed by atoms with Gasteiger partial charge in [-0.25, -0.2) is 5.43 Å². The second-order valence-corrected chi connectivity index (χ2v) is 2.92. The Morgan fingerprint density at radius 3 is 3.18 bits per heavy atom. The molecule has 0 spiro atoms. The number of hydrazone groups is 1. The van der Waals surface area contributed by atoms with E-state index in [2.05, 4.69) is 10.5 Å². The zero-order chi connectivity index (χ0) is 8.10. The van der Waals surface area contributed by atoms with Crippen molar-refractivity contribution in [3.63, 3.8) is 0 Å².